The van der Waals surface area contributed by atoms with Crippen LogP contribution < -0.4 is 0 Å². The summed E-state index contributed by atoms with van der Waals surface area (Å²) in [5.74, 6) is -0.957. The molecule has 4 heteroatoms. The summed E-state index contributed by atoms with van der Waals surface area (Å²) in [6.45, 7) is 1.73. The van der Waals surface area contributed by atoms with Gasteiger partial charge in [-0.05, 0) is 6.92 Å². The first-order valence-corrected chi connectivity index (χ1v) is 4.17. The minimum absolute atomic E-state index is 0.0929. The molecule has 0 aliphatic carbocycles. The molecule has 0 fully saturated rings. The summed E-state index contributed by atoms with van der Waals surface area (Å²) >= 11 is 0. The Bertz CT molecular complexity index is 505. The van der Waals surface area contributed by atoms with Crippen LogP contribution >= 0.6 is 0 Å². The smallest absolute Gasteiger partial charge is 0.176 e. The molecule has 1 aromatic rings. The Labute approximate surface area is 86.9 Å². The van der Waals surface area contributed by atoms with Gasteiger partial charge in [0.05, 0.1) is 11.6 Å². The van der Waals surface area contributed by atoms with E-state index in [1.807, 2.05) is 6.07 Å². The van der Waals surface area contributed by atoms with Crippen LogP contribution in [0.15, 0.2) is 12.1 Å². The molecule has 0 saturated carbocycles. The van der Waals surface area contributed by atoms with Crippen LogP contribution in [-0.2, 0) is 0 Å². The second-order valence-corrected chi connectivity index (χ2v) is 2.80. The predicted molar refractivity (Wildman–Crippen MR) is 53.9 cm³/mol. The van der Waals surface area contributed by atoms with Gasteiger partial charge in [0.2, 0.25) is 0 Å². The summed E-state index contributed by atoms with van der Waals surface area (Å²) in [7, 11) is 0. The fourth-order valence-electron chi connectivity index (χ4n) is 1.22. The monoisotopic (exact) mass is 200 g/mol. The number of hydrogen-bond acceptors (Lipinski definition) is 4. The van der Waals surface area contributed by atoms with E-state index in [0.717, 1.165) is 6.07 Å². The van der Waals surface area contributed by atoms with Gasteiger partial charge in [0.25, 0.3) is 0 Å². The van der Waals surface area contributed by atoms with E-state index >= 15 is 0 Å². The van der Waals surface area contributed by atoms with Crippen LogP contribution in [0.3, 0.4) is 0 Å². The van der Waals surface area contributed by atoms with Crippen molar-refractivity contribution in [2.75, 3.05) is 0 Å². The van der Waals surface area contributed by atoms with Crippen molar-refractivity contribution >= 4 is 6.08 Å². The maximum Gasteiger partial charge on any atom is 0.176 e. The zero-order valence-electron chi connectivity index (χ0n) is 8.02. The summed E-state index contributed by atoms with van der Waals surface area (Å²) in [6, 6.07) is 4.73. The summed E-state index contributed by atoms with van der Waals surface area (Å²) < 4.78 is 0. The van der Waals surface area contributed by atoms with Crippen LogP contribution in [0, 0.1) is 22.7 Å². The fraction of sp³-hybridized carbons (Fsp3) is 0.0909. The minimum atomic E-state index is -0.496. The van der Waals surface area contributed by atoms with E-state index in [1.165, 1.54) is 6.08 Å². The first kappa shape index (κ1) is 10.6. The molecule has 74 valence electrons. The van der Waals surface area contributed by atoms with Crippen LogP contribution in [0.25, 0.3) is 6.08 Å². The molecule has 0 aliphatic rings. The van der Waals surface area contributed by atoms with Crippen molar-refractivity contribution < 1.29 is 10.2 Å². The average molecular weight is 200 g/mol. The largest absolute Gasteiger partial charge is 0.504 e. The highest BCUT2D eigenvalue weighted by molar-refractivity contribution is 5.71. The Morgan fingerprint density at radius 2 is 1.93 bits per heavy atom. The van der Waals surface area contributed by atoms with Crippen LogP contribution in [0.5, 0.6) is 11.5 Å². The zero-order valence-corrected chi connectivity index (χ0v) is 8.02. The second-order valence-electron chi connectivity index (χ2n) is 2.80. The topological polar surface area (TPSA) is 88.0 Å². The summed E-state index contributed by atoms with van der Waals surface area (Å²) in [5, 5.41) is 36.3. The van der Waals surface area contributed by atoms with Gasteiger partial charge < -0.3 is 10.2 Å². The van der Waals surface area contributed by atoms with Gasteiger partial charge in [-0.2, -0.15) is 10.5 Å². The molecule has 1 rings (SSSR count). The summed E-state index contributed by atoms with van der Waals surface area (Å²) in [5.41, 5.74) is 0.377. The lowest BCUT2D eigenvalue weighted by molar-refractivity contribution is 0.402. The molecule has 0 saturated heterocycles. The Kier molecular flexibility index (Phi) is 2.95. The normalized spacial score (nSPS) is 9.80. The van der Waals surface area contributed by atoms with Crippen molar-refractivity contribution in [2.24, 2.45) is 0 Å². The molecule has 0 aliphatic heterocycles. The quantitative estimate of drug-likeness (QED) is 0.677. The standard InChI is InChI=1S/C11H8N2O2/c1-2-3-8-7(5-12)4-10(14)11(15)9(8)6-13/h2-4,14-15H,1H3/b3-2-. The Balaban J connectivity index is 3.68. The van der Waals surface area contributed by atoms with E-state index in [9.17, 15) is 10.2 Å². The molecule has 0 aromatic heterocycles. The lowest BCUT2D eigenvalue weighted by atomic mass is 10.00. The van der Waals surface area contributed by atoms with Crippen molar-refractivity contribution in [3.05, 3.63) is 28.8 Å². The van der Waals surface area contributed by atoms with Gasteiger partial charge in [-0.15, -0.1) is 0 Å². The third-order valence-corrected chi connectivity index (χ3v) is 1.89. The van der Waals surface area contributed by atoms with Gasteiger partial charge in [-0.3, -0.25) is 0 Å². The van der Waals surface area contributed by atoms with Crippen molar-refractivity contribution in [1.82, 2.24) is 0 Å². The van der Waals surface area contributed by atoms with Crippen LogP contribution in [0.1, 0.15) is 23.6 Å². The molecule has 0 bridgehead atoms. The third-order valence-electron chi connectivity index (χ3n) is 1.89. The number of phenols is 2. The summed E-state index contributed by atoms with van der Waals surface area (Å²) in [4.78, 5) is 0. The fourth-order valence-corrected chi connectivity index (χ4v) is 1.22. The van der Waals surface area contributed by atoms with E-state index in [1.54, 1.807) is 19.1 Å². The van der Waals surface area contributed by atoms with Gasteiger partial charge in [-0.1, -0.05) is 12.2 Å². The summed E-state index contributed by atoms with van der Waals surface area (Å²) in [6.07, 6.45) is 3.18. The molecule has 1 aromatic carbocycles. The number of rotatable bonds is 1. The van der Waals surface area contributed by atoms with E-state index in [2.05, 4.69) is 0 Å². The average Bonchev–Trinajstić information content (AvgIpc) is 2.24. The van der Waals surface area contributed by atoms with Crippen LogP contribution in [0.2, 0.25) is 0 Å². The molecule has 2 N–H and O–H groups in total. The van der Waals surface area contributed by atoms with Crippen molar-refractivity contribution in [2.45, 2.75) is 6.92 Å². The highest BCUT2D eigenvalue weighted by atomic mass is 16.3. The first-order valence-electron chi connectivity index (χ1n) is 4.17. The maximum absolute atomic E-state index is 9.41. The van der Waals surface area contributed by atoms with E-state index in [-0.39, 0.29) is 11.1 Å². The number of hydrogen-bond donors (Lipinski definition) is 2. The Hall–Kier alpha value is -2.46. The first-order chi connectivity index (χ1) is 7.15. The predicted octanol–water partition coefficient (Wildman–Crippen LogP) is 1.87. The SMILES string of the molecule is C/C=C\c1c(C#N)cc(O)c(O)c1C#N. The molecule has 0 amide bonds. The second kappa shape index (κ2) is 4.17. The van der Waals surface area contributed by atoms with Gasteiger partial charge in [-0.25, -0.2) is 0 Å². The third kappa shape index (κ3) is 1.74. The highest BCUT2D eigenvalue weighted by Crippen LogP contribution is 2.33. The lowest BCUT2D eigenvalue weighted by Gasteiger charge is -2.05. The van der Waals surface area contributed by atoms with Crippen LogP contribution in [-0.4, -0.2) is 10.2 Å². The maximum atomic E-state index is 9.41. The van der Waals surface area contributed by atoms with Crippen molar-refractivity contribution in [3.63, 3.8) is 0 Å². The number of benzene rings is 1. The number of aromatic hydroxyl groups is 2. The number of nitriles is 2. The molecule has 0 spiro atoms. The molecule has 15 heavy (non-hydrogen) atoms. The molecule has 0 radical (unpaired) electrons. The molecular formula is C11H8N2O2. The number of nitrogens with zero attached hydrogens (tertiary/aromatic N) is 2. The van der Waals surface area contributed by atoms with E-state index < -0.39 is 11.5 Å². The molecule has 0 unspecified atom stereocenters. The van der Waals surface area contributed by atoms with Crippen LogP contribution in [0.4, 0.5) is 0 Å². The highest BCUT2D eigenvalue weighted by Gasteiger charge is 2.14. The van der Waals surface area contributed by atoms with E-state index in [4.69, 9.17) is 10.5 Å². The van der Waals surface area contributed by atoms with E-state index in [0.29, 0.717) is 5.56 Å². The van der Waals surface area contributed by atoms with Crippen molar-refractivity contribution in [1.29, 1.82) is 10.5 Å². The molecular weight excluding hydrogens is 192 g/mol. The molecule has 0 atom stereocenters. The van der Waals surface area contributed by atoms with Gasteiger partial charge in [0.1, 0.15) is 11.6 Å². The minimum Gasteiger partial charge on any atom is -0.504 e. The van der Waals surface area contributed by atoms with Gasteiger partial charge in [0, 0.05) is 11.6 Å². The zero-order chi connectivity index (χ0) is 11.4. The van der Waals surface area contributed by atoms with Crippen molar-refractivity contribution in [3.8, 4) is 23.6 Å². The Morgan fingerprint density at radius 1 is 1.27 bits per heavy atom. The lowest BCUT2D eigenvalue weighted by Crippen LogP contribution is -1.90. The molecule has 4 nitrogen and oxygen atoms in total. The van der Waals surface area contributed by atoms with Gasteiger partial charge >= 0.3 is 0 Å². The van der Waals surface area contributed by atoms with Gasteiger partial charge in [0.15, 0.2) is 11.5 Å². The Morgan fingerprint density at radius 3 is 2.40 bits per heavy atom. The number of phenolic OH excluding ortho intramolecular Hbond substituents is 2. The molecule has 0 heterocycles. The number of allylic oxidation sites excluding steroid dienone is 1.